The highest BCUT2D eigenvalue weighted by Crippen LogP contribution is 2.36. The molecule has 1 heterocycles. The van der Waals surface area contributed by atoms with Gasteiger partial charge in [-0.3, -0.25) is 4.79 Å². The summed E-state index contributed by atoms with van der Waals surface area (Å²) in [4.78, 5) is 23.1. The molecule has 7 heteroatoms. The Hall–Kier alpha value is -3.48. The van der Waals surface area contributed by atoms with Gasteiger partial charge in [0.2, 0.25) is 5.78 Å². The number of methoxy groups -OCH3 is 2. The van der Waals surface area contributed by atoms with Gasteiger partial charge in [0, 0.05) is 17.7 Å². The standard InChI is InChI=1S/C19H16O7/c1-23-12-4-3-11(15(8-12)24-2)7-17-19(22)14-6-5-13(9-16(14)26-17)25-10-18(20)21/h3-9H,10H2,1-2H3,(H,20,21)/b17-7+. The van der Waals surface area contributed by atoms with E-state index < -0.39 is 12.6 Å². The Kier molecular flexibility index (Phi) is 4.79. The molecule has 1 aliphatic heterocycles. The molecule has 26 heavy (non-hydrogen) atoms. The van der Waals surface area contributed by atoms with E-state index in [1.807, 2.05) is 0 Å². The maximum absolute atomic E-state index is 12.5. The topological polar surface area (TPSA) is 91.3 Å². The Bertz CT molecular complexity index is 899. The molecular weight excluding hydrogens is 340 g/mol. The van der Waals surface area contributed by atoms with Crippen molar-refractivity contribution in [1.82, 2.24) is 0 Å². The van der Waals surface area contributed by atoms with E-state index in [4.69, 9.17) is 24.1 Å². The van der Waals surface area contributed by atoms with Crippen LogP contribution in [0.4, 0.5) is 0 Å². The fourth-order valence-electron chi connectivity index (χ4n) is 2.48. The number of aliphatic carboxylic acids is 1. The van der Waals surface area contributed by atoms with Gasteiger partial charge in [-0.15, -0.1) is 0 Å². The second-order valence-electron chi connectivity index (χ2n) is 5.39. The summed E-state index contributed by atoms with van der Waals surface area (Å²) < 4.78 is 21.2. The van der Waals surface area contributed by atoms with Crippen LogP contribution in [-0.2, 0) is 4.79 Å². The number of carboxylic acid groups (broad SMARTS) is 1. The van der Waals surface area contributed by atoms with Crippen molar-refractivity contribution in [2.24, 2.45) is 0 Å². The van der Waals surface area contributed by atoms with Crippen LogP contribution in [0.15, 0.2) is 42.2 Å². The maximum Gasteiger partial charge on any atom is 0.341 e. The fourth-order valence-corrected chi connectivity index (χ4v) is 2.48. The Morgan fingerprint density at radius 3 is 2.58 bits per heavy atom. The Morgan fingerprint density at radius 1 is 1.12 bits per heavy atom. The highest BCUT2D eigenvalue weighted by atomic mass is 16.5. The molecule has 0 unspecified atom stereocenters. The van der Waals surface area contributed by atoms with Crippen LogP contribution >= 0.6 is 0 Å². The average Bonchev–Trinajstić information content (AvgIpc) is 2.95. The van der Waals surface area contributed by atoms with Gasteiger partial charge < -0.3 is 24.1 Å². The van der Waals surface area contributed by atoms with Crippen LogP contribution in [0.25, 0.3) is 6.08 Å². The van der Waals surface area contributed by atoms with Gasteiger partial charge >= 0.3 is 5.97 Å². The molecule has 2 aromatic carbocycles. The number of hydrogen-bond donors (Lipinski definition) is 1. The molecule has 0 aliphatic carbocycles. The lowest BCUT2D eigenvalue weighted by Crippen LogP contribution is -2.09. The fraction of sp³-hybridized carbons (Fsp3) is 0.158. The third-order valence-electron chi connectivity index (χ3n) is 3.73. The number of Topliss-reactive ketones (excluding diaryl/α,β-unsaturated/α-hetero) is 1. The van der Waals surface area contributed by atoms with Crippen molar-refractivity contribution < 1.29 is 33.6 Å². The predicted molar refractivity (Wildman–Crippen MR) is 92.1 cm³/mol. The molecular formula is C19H16O7. The number of benzene rings is 2. The molecule has 134 valence electrons. The molecule has 2 aromatic rings. The van der Waals surface area contributed by atoms with Crippen LogP contribution < -0.4 is 18.9 Å². The van der Waals surface area contributed by atoms with Crippen molar-refractivity contribution in [2.45, 2.75) is 0 Å². The Balaban J connectivity index is 1.87. The lowest BCUT2D eigenvalue weighted by atomic mass is 10.1. The van der Waals surface area contributed by atoms with Crippen molar-refractivity contribution in [3.8, 4) is 23.0 Å². The molecule has 7 nitrogen and oxygen atoms in total. The van der Waals surface area contributed by atoms with E-state index in [1.165, 1.54) is 19.2 Å². The van der Waals surface area contributed by atoms with Gasteiger partial charge in [-0.2, -0.15) is 0 Å². The quantitative estimate of drug-likeness (QED) is 0.796. The number of carboxylic acids is 1. The largest absolute Gasteiger partial charge is 0.497 e. The van der Waals surface area contributed by atoms with Crippen LogP contribution in [0, 0.1) is 0 Å². The summed E-state index contributed by atoms with van der Waals surface area (Å²) in [5.41, 5.74) is 1.04. The van der Waals surface area contributed by atoms with E-state index in [2.05, 4.69) is 0 Å². The van der Waals surface area contributed by atoms with Crippen molar-refractivity contribution in [2.75, 3.05) is 20.8 Å². The van der Waals surface area contributed by atoms with Gasteiger partial charge in [0.25, 0.3) is 0 Å². The zero-order valence-corrected chi connectivity index (χ0v) is 14.1. The number of allylic oxidation sites excluding steroid dienone is 1. The van der Waals surface area contributed by atoms with Gasteiger partial charge in [-0.25, -0.2) is 4.79 Å². The van der Waals surface area contributed by atoms with Gasteiger partial charge in [0.05, 0.1) is 19.8 Å². The SMILES string of the molecule is COc1ccc(/C=C2/Oc3cc(OCC(=O)O)ccc3C2=O)c(OC)c1. The third kappa shape index (κ3) is 3.46. The molecule has 0 radical (unpaired) electrons. The average molecular weight is 356 g/mol. The van der Waals surface area contributed by atoms with Crippen LogP contribution in [0.2, 0.25) is 0 Å². The zero-order chi connectivity index (χ0) is 18.7. The number of fused-ring (bicyclic) bond motifs is 1. The van der Waals surface area contributed by atoms with E-state index in [0.717, 1.165) is 0 Å². The molecule has 0 aromatic heterocycles. The number of hydrogen-bond acceptors (Lipinski definition) is 6. The predicted octanol–water partition coefficient (Wildman–Crippen LogP) is 2.78. The van der Waals surface area contributed by atoms with Gasteiger partial charge in [-0.05, 0) is 30.3 Å². The second-order valence-corrected chi connectivity index (χ2v) is 5.39. The minimum atomic E-state index is -1.09. The third-order valence-corrected chi connectivity index (χ3v) is 3.73. The van der Waals surface area contributed by atoms with E-state index in [0.29, 0.717) is 34.1 Å². The normalized spacial score (nSPS) is 13.9. The molecule has 0 atom stereocenters. The molecule has 1 N–H and O–H groups in total. The minimum Gasteiger partial charge on any atom is -0.497 e. The highest BCUT2D eigenvalue weighted by molar-refractivity contribution is 6.14. The molecule has 3 rings (SSSR count). The van der Waals surface area contributed by atoms with Crippen LogP contribution in [0.5, 0.6) is 23.0 Å². The summed E-state index contributed by atoms with van der Waals surface area (Å²) in [7, 11) is 3.08. The zero-order valence-electron chi connectivity index (χ0n) is 14.1. The van der Waals surface area contributed by atoms with Crippen molar-refractivity contribution >= 4 is 17.8 Å². The molecule has 0 saturated carbocycles. The second kappa shape index (κ2) is 7.18. The summed E-state index contributed by atoms with van der Waals surface area (Å²) in [6.45, 7) is -0.474. The lowest BCUT2D eigenvalue weighted by Gasteiger charge is -2.08. The number of carbonyl (C=O) groups excluding carboxylic acids is 1. The number of ketones is 1. The van der Waals surface area contributed by atoms with E-state index in [-0.39, 0.29) is 11.5 Å². The van der Waals surface area contributed by atoms with Gasteiger partial charge in [-0.1, -0.05) is 0 Å². The molecule has 0 fully saturated rings. The van der Waals surface area contributed by atoms with E-state index >= 15 is 0 Å². The van der Waals surface area contributed by atoms with Crippen molar-refractivity contribution in [3.05, 3.63) is 53.3 Å². The van der Waals surface area contributed by atoms with Crippen LogP contribution in [-0.4, -0.2) is 37.7 Å². The molecule has 0 saturated heterocycles. The summed E-state index contributed by atoms with van der Waals surface area (Å²) in [6, 6.07) is 9.77. The first-order valence-corrected chi connectivity index (χ1v) is 7.66. The van der Waals surface area contributed by atoms with Crippen molar-refractivity contribution in [3.63, 3.8) is 0 Å². The van der Waals surface area contributed by atoms with E-state index in [9.17, 15) is 9.59 Å². The van der Waals surface area contributed by atoms with Crippen LogP contribution in [0.3, 0.4) is 0 Å². The minimum absolute atomic E-state index is 0.138. The number of rotatable bonds is 6. The molecule has 0 bridgehead atoms. The maximum atomic E-state index is 12.5. The lowest BCUT2D eigenvalue weighted by molar-refractivity contribution is -0.139. The van der Waals surface area contributed by atoms with E-state index in [1.54, 1.807) is 37.5 Å². The first-order chi connectivity index (χ1) is 12.5. The summed E-state index contributed by atoms with van der Waals surface area (Å²) in [6.07, 6.45) is 1.58. The summed E-state index contributed by atoms with van der Waals surface area (Å²) in [5.74, 6) is 0.566. The molecule has 0 amide bonds. The monoisotopic (exact) mass is 356 g/mol. The number of ether oxygens (including phenoxy) is 4. The summed E-state index contributed by atoms with van der Waals surface area (Å²) >= 11 is 0. The first-order valence-electron chi connectivity index (χ1n) is 7.66. The Labute approximate surface area is 149 Å². The first kappa shape index (κ1) is 17.3. The summed E-state index contributed by atoms with van der Waals surface area (Å²) in [5, 5.41) is 8.66. The Morgan fingerprint density at radius 2 is 1.88 bits per heavy atom. The highest BCUT2D eigenvalue weighted by Gasteiger charge is 2.28. The molecule has 1 aliphatic rings. The van der Waals surface area contributed by atoms with Gasteiger partial charge in [0.1, 0.15) is 23.0 Å². The van der Waals surface area contributed by atoms with Crippen LogP contribution in [0.1, 0.15) is 15.9 Å². The number of carbonyl (C=O) groups is 2. The van der Waals surface area contributed by atoms with Crippen molar-refractivity contribution in [1.29, 1.82) is 0 Å². The smallest absolute Gasteiger partial charge is 0.341 e. The van der Waals surface area contributed by atoms with Gasteiger partial charge in [0.15, 0.2) is 12.4 Å². The molecule has 0 spiro atoms.